The van der Waals surface area contributed by atoms with Crippen LogP contribution in [0.2, 0.25) is 0 Å². The Balaban J connectivity index is 2.54. The molecular weight excluding hydrogens is 313 g/mol. The highest BCUT2D eigenvalue weighted by atomic mass is 79.9. The number of hydrogen-bond donors (Lipinski definition) is 1. The van der Waals surface area contributed by atoms with E-state index in [9.17, 15) is 13.2 Å². The van der Waals surface area contributed by atoms with Crippen LogP contribution < -0.4 is 5.73 Å². The fraction of sp³-hybridized carbons (Fsp3) is 0.100. The van der Waals surface area contributed by atoms with Crippen LogP contribution in [0.1, 0.15) is 5.69 Å². The maximum absolute atomic E-state index is 12.6. The van der Waals surface area contributed by atoms with Crippen molar-refractivity contribution in [1.29, 1.82) is 0 Å². The van der Waals surface area contributed by atoms with E-state index in [1.165, 1.54) is 12.4 Å². The lowest BCUT2D eigenvalue weighted by molar-refractivity contribution is -0.140. The molecule has 4 nitrogen and oxygen atoms in total. The second-order valence-electron chi connectivity index (χ2n) is 3.39. The monoisotopic (exact) mass is 318 g/mol. The van der Waals surface area contributed by atoms with Crippen molar-refractivity contribution in [2.24, 2.45) is 0 Å². The van der Waals surface area contributed by atoms with E-state index >= 15 is 0 Å². The highest BCUT2D eigenvalue weighted by Crippen LogP contribution is 2.32. The number of nitrogens with two attached hydrogens (primary N) is 1. The van der Waals surface area contributed by atoms with Crippen molar-refractivity contribution in [3.05, 3.63) is 34.8 Å². The number of hydrogen-bond acceptors (Lipinski definition) is 4. The summed E-state index contributed by atoms with van der Waals surface area (Å²) in [6.45, 7) is 0. The number of pyridine rings is 1. The van der Waals surface area contributed by atoms with Crippen molar-refractivity contribution in [1.82, 2.24) is 15.0 Å². The minimum Gasteiger partial charge on any atom is -0.396 e. The first-order chi connectivity index (χ1) is 8.38. The normalized spacial score (nSPS) is 11.6. The van der Waals surface area contributed by atoms with Crippen molar-refractivity contribution in [3.8, 4) is 11.4 Å². The molecule has 94 valence electrons. The van der Waals surface area contributed by atoms with Gasteiger partial charge in [-0.05, 0) is 22.0 Å². The summed E-state index contributed by atoms with van der Waals surface area (Å²) < 4.78 is 38.5. The van der Waals surface area contributed by atoms with E-state index in [2.05, 4.69) is 30.9 Å². The maximum atomic E-state index is 12.6. The Bertz CT molecular complexity index is 586. The molecule has 0 aliphatic carbocycles. The minimum absolute atomic E-state index is 0.0784. The van der Waals surface area contributed by atoms with Gasteiger partial charge in [-0.1, -0.05) is 0 Å². The number of nitrogen functional groups attached to an aromatic ring is 1. The Labute approximate surface area is 108 Å². The first kappa shape index (κ1) is 12.7. The molecule has 18 heavy (non-hydrogen) atoms. The van der Waals surface area contributed by atoms with Crippen molar-refractivity contribution < 1.29 is 13.2 Å². The van der Waals surface area contributed by atoms with Gasteiger partial charge in [0.15, 0.2) is 11.5 Å². The van der Waals surface area contributed by atoms with Gasteiger partial charge in [0, 0.05) is 22.4 Å². The molecule has 0 radical (unpaired) electrons. The van der Waals surface area contributed by atoms with E-state index in [0.717, 1.165) is 6.20 Å². The predicted octanol–water partition coefficient (Wildman–Crippen LogP) is 2.90. The van der Waals surface area contributed by atoms with Crippen LogP contribution in [0.5, 0.6) is 0 Å². The first-order valence-corrected chi connectivity index (χ1v) is 5.48. The van der Waals surface area contributed by atoms with E-state index < -0.39 is 17.6 Å². The van der Waals surface area contributed by atoms with Crippen molar-refractivity contribution in [2.75, 3.05) is 5.73 Å². The van der Waals surface area contributed by atoms with E-state index in [0.29, 0.717) is 10.0 Å². The standard InChI is InChI=1S/C10H6BrF3N4/c11-6-1-5(2-16-3-6)9-17-4-7(15)8(18-9)10(12,13)14/h1-4H,15H2. The zero-order chi connectivity index (χ0) is 13.3. The Morgan fingerprint density at radius 3 is 2.50 bits per heavy atom. The lowest BCUT2D eigenvalue weighted by Gasteiger charge is -2.09. The van der Waals surface area contributed by atoms with Crippen LogP contribution in [0.25, 0.3) is 11.4 Å². The quantitative estimate of drug-likeness (QED) is 0.878. The molecule has 0 amide bonds. The van der Waals surface area contributed by atoms with Crippen LogP contribution in [0.4, 0.5) is 18.9 Å². The van der Waals surface area contributed by atoms with Gasteiger partial charge in [0.2, 0.25) is 0 Å². The van der Waals surface area contributed by atoms with E-state index in [1.807, 2.05) is 0 Å². The molecule has 0 saturated heterocycles. The zero-order valence-electron chi connectivity index (χ0n) is 8.74. The van der Waals surface area contributed by atoms with E-state index in [4.69, 9.17) is 5.73 Å². The summed E-state index contributed by atoms with van der Waals surface area (Å²) in [6, 6.07) is 1.57. The van der Waals surface area contributed by atoms with Crippen LogP contribution in [-0.2, 0) is 6.18 Å². The fourth-order valence-corrected chi connectivity index (χ4v) is 1.66. The van der Waals surface area contributed by atoms with Gasteiger partial charge in [-0.3, -0.25) is 4.98 Å². The molecule has 0 fully saturated rings. The topological polar surface area (TPSA) is 64.7 Å². The van der Waals surface area contributed by atoms with E-state index in [-0.39, 0.29) is 5.82 Å². The van der Waals surface area contributed by atoms with Gasteiger partial charge in [-0.15, -0.1) is 0 Å². The van der Waals surface area contributed by atoms with Gasteiger partial charge < -0.3 is 5.73 Å². The van der Waals surface area contributed by atoms with Crippen LogP contribution in [0.3, 0.4) is 0 Å². The van der Waals surface area contributed by atoms with E-state index in [1.54, 1.807) is 6.07 Å². The molecule has 0 spiro atoms. The van der Waals surface area contributed by atoms with Crippen LogP contribution in [-0.4, -0.2) is 15.0 Å². The Morgan fingerprint density at radius 2 is 1.89 bits per heavy atom. The molecule has 0 aliphatic rings. The summed E-state index contributed by atoms with van der Waals surface area (Å²) in [5.41, 5.74) is 3.93. The largest absolute Gasteiger partial charge is 0.435 e. The molecule has 2 N–H and O–H groups in total. The fourth-order valence-electron chi connectivity index (χ4n) is 1.29. The second kappa shape index (κ2) is 4.52. The van der Waals surface area contributed by atoms with Crippen molar-refractivity contribution in [2.45, 2.75) is 6.18 Å². The lowest BCUT2D eigenvalue weighted by Crippen LogP contribution is -2.13. The summed E-state index contributed by atoms with van der Waals surface area (Å²) in [4.78, 5) is 11.0. The summed E-state index contributed by atoms with van der Waals surface area (Å²) in [7, 11) is 0. The SMILES string of the molecule is Nc1cnc(-c2cncc(Br)c2)nc1C(F)(F)F. The number of nitrogens with zero attached hydrogens (tertiary/aromatic N) is 3. The summed E-state index contributed by atoms with van der Waals surface area (Å²) in [6.07, 6.45) is -0.796. The molecule has 0 aliphatic heterocycles. The van der Waals surface area contributed by atoms with Gasteiger partial charge in [-0.25, -0.2) is 9.97 Å². The summed E-state index contributed by atoms with van der Waals surface area (Å²) in [5.74, 6) is -0.0784. The van der Waals surface area contributed by atoms with Gasteiger partial charge in [0.05, 0.1) is 11.9 Å². The van der Waals surface area contributed by atoms with Crippen LogP contribution in [0.15, 0.2) is 29.1 Å². The highest BCUT2D eigenvalue weighted by molar-refractivity contribution is 9.10. The smallest absolute Gasteiger partial charge is 0.396 e. The lowest BCUT2D eigenvalue weighted by atomic mass is 10.2. The van der Waals surface area contributed by atoms with Gasteiger partial charge in [0.25, 0.3) is 0 Å². The average molecular weight is 319 g/mol. The highest BCUT2D eigenvalue weighted by Gasteiger charge is 2.35. The van der Waals surface area contributed by atoms with Crippen LogP contribution >= 0.6 is 15.9 Å². The van der Waals surface area contributed by atoms with Gasteiger partial charge in [-0.2, -0.15) is 13.2 Å². The molecule has 2 heterocycles. The first-order valence-electron chi connectivity index (χ1n) is 4.68. The van der Waals surface area contributed by atoms with Gasteiger partial charge >= 0.3 is 6.18 Å². The molecule has 2 aromatic heterocycles. The Morgan fingerprint density at radius 1 is 1.17 bits per heavy atom. The zero-order valence-corrected chi connectivity index (χ0v) is 10.3. The number of halogens is 4. The molecular formula is C10H6BrF3N4. The number of anilines is 1. The average Bonchev–Trinajstić information content (AvgIpc) is 2.28. The minimum atomic E-state index is -4.61. The van der Waals surface area contributed by atoms with Gasteiger partial charge in [0.1, 0.15) is 0 Å². The summed E-state index contributed by atoms with van der Waals surface area (Å²) >= 11 is 3.17. The molecule has 0 bridgehead atoms. The second-order valence-corrected chi connectivity index (χ2v) is 4.30. The molecule has 8 heteroatoms. The number of rotatable bonds is 1. The third kappa shape index (κ3) is 2.58. The molecule has 2 aromatic rings. The molecule has 0 atom stereocenters. The molecule has 2 rings (SSSR count). The van der Waals surface area contributed by atoms with Crippen molar-refractivity contribution in [3.63, 3.8) is 0 Å². The third-order valence-corrected chi connectivity index (χ3v) is 2.48. The third-order valence-electron chi connectivity index (χ3n) is 2.05. The maximum Gasteiger partial charge on any atom is 0.435 e. The molecule has 0 saturated carbocycles. The Hall–Kier alpha value is -1.70. The number of alkyl halides is 3. The van der Waals surface area contributed by atoms with Crippen molar-refractivity contribution >= 4 is 21.6 Å². The Kier molecular flexibility index (Phi) is 3.20. The molecule has 0 unspecified atom stereocenters. The molecule has 0 aromatic carbocycles. The summed E-state index contributed by atoms with van der Waals surface area (Å²) in [5, 5.41) is 0. The predicted molar refractivity (Wildman–Crippen MR) is 62.4 cm³/mol. The van der Waals surface area contributed by atoms with Crippen LogP contribution in [0, 0.1) is 0 Å². The number of aromatic nitrogens is 3.